The number of aliphatic imine (C=N–C) groups is 1. The van der Waals surface area contributed by atoms with Crippen LogP contribution in [0.5, 0.6) is 17.2 Å². The van der Waals surface area contributed by atoms with Crippen LogP contribution in [0, 0.1) is 0 Å². The van der Waals surface area contributed by atoms with Gasteiger partial charge in [0.25, 0.3) is 0 Å². The summed E-state index contributed by atoms with van der Waals surface area (Å²) in [4.78, 5) is 28.9. The number of halogens is 1. The van der Waals surface area contributed by atoms with E-state index in [1.807, 2.05) is 58.9 Å². The Morgan fingerprint density at radius 3 is 2.27 bits per heavy atom. The molecule has 0 saturated carbocycles. The number of ketones is 1. The van der Waals surface area contributed by atoms with Gasteiger partial charge in [0.1, 0.15) is 18.0 Å². The fourth-order valence-electron chi connectivity index (χ4n) is 2.94. The molecule has 2 aromatic carbocycles. The Balaban J connectivity index is 0.000000385. The monoisotopic (exact) mass is 596 g/mol. The van der Waals surface area contributed by atoms with E-state index >= 15 is 0 Å². The van der Waals surface area contributed by atoms with Crippen LogP contribution in [0.2, 0.25) is 0 Å². The average Bonchev–Trinajstić information content (AvgIpc) is 3.35. The number of Topliss-reactive ketones (excluding diaryl/α,β-unsaturated/α-hetero) is 1. The van der Waals surface area contributed by atoms with Crippen LogP contribution in [-0.4, -0.2) is 66.7 Å². The first-order chi connectivity index (χ1) is 17.5. The van der Waals surface area contributed by atoms with Crippen molar-refractivity contribution in [2.75, 3.05) is 31.5 Å². The molecule has 1 aliphatic rings. The number of thiol groups is 1. The van der Waals surface area contributed by atoms with Gasteiger partial charge in [-0.3, -0.25) is 9.79 Å². The van der Waals surface area contributed by atoms with Crippen molar-refractivity contribution in [1.82, 2.24) is 4.90 Å². The molecule has 0 bridgehead atoms. The Labute approximate surface area is 233 Å². The number of nitrogens with zero attached hydrogens (tertiary/aromatic N) is 2. The molecule has 1 heterocycles. The van der Waals surface area contributed by atoms with E-state index in [0.717, 1.165) is 11.4 Å². The van der Waals surface area contributed by atoms with Gasteiger partial charge in [-0.1, -0.05) is 15.9 Å². The zero-order valence-electron chi connectivity index (χ0n) is 22.3. The molecule has 0 atom stereocenters. The maximum atomic E-state index is 12.2. The molecule has 8 nitrogen and oxygen atoms in total. The number of hydrogen-bond acceptors (Lipinski definition) is 8. The fourth-order valence-corrected chi connectivity index (χ4v) is 3.26. The van der Waals surface area contributed by atoms with Crippen LogP contribution in [0.15, 0.2) is 47.5 Å². The average molecular weight is 598 g/mol. The van der Waals surface area contributed by atoms with E-state index in [2.05, 4.69) is 40.3 Å². The van der Waals surface area contributed by atoms with Crippen LogP contribution in [0.4, 0.5) is 10.5 Å². The lowest BCUT2D eigenvalue weighted by atomic mass is 10.1. The second kappa shape index (κ2) is 16.2. The van der Waals surface area contributed by atoms with Gasteiger partial charge >= 0.3 is 6.09 Å². The molecule has 1 amide bonds. The maximum absolute atomic E-state index is 12.2. The van der Waals surface area contributed by atoms with Gasteiger partial charge in [-0.05, 0) is 90.1 Å². The third kappa shape index (κ3) is 11.5. The lowest BCUT2D eigenvalue weighted by molar-refractivity contribution is 0.0164. The molecule has 2 aromatic rings. The van der Waals surface area contributed by atoms with Crippen LogP contribution >= 0.6 is 28.6 Å². The summed E-state index contributed by atoms with van der Waals surface area (Å²) in [5.74, 6) is 2.12. The SMILES string of the molecule is C=Nc1ccc(OCCN(C(=O)OC(C)(C)C)C(C)C)cc1.CS.O=C(CBr)c1ccc2c(c1)OCO2. The summed E-state index contributed by atoms with van der Waals surface area (Å²) >= 11 is 6.64. The molecule has 0 aromatic heterocycles. The molecule has 3 rings (SSSR count). The van der Waals surface area contributed by atoms with Gasteiger partial charge in [0.15, 0.2) is 17.3 Å². The van der Waals surface area contributed by atoms with Crippen molar-refractivity contribution in [3.63, 3.8) is 0 Å². The lowest BCUT2D eigenvalue weighted by Crippen LogP contribution is -2.43. The Morgan fingerprint density at radius 1 is 1.11 bits per heavy atom. The zero-order valence-corrected chi connectivity index (χ0v) is 24.8. The lowest BCUT2D eigenvalue weighted by Gasteiger charge is -2.30. The number of hydrogen-bond donors (Lipinski definition) is 1. The highest BCUT2D eigenvalue weighted by Gasteiger charge is 2.24. The topological polar surface area (TPSA) is 86.7 Å². The molecule has 37 heavy (non-hydrogen) atoms. The Bertz CT molecular complexity index is 1010. The second-order valence-electron chi connectivity index (χ2n) is 8.89. The molecule has 1 aliphatic heterocycles. The summed E-state index contributed by atoms with van der Waals surface area (Å²) in [5, 5.41) is 0.326. The summed E-state index contributed by atoms with van der Waals surface area (Å²) < 4.78 is 21.3. The van der Waals surface area contributed by atoms with Crippen molar-refractivity contribution in [2.24, 2.45) is 4.99 Å². The zero-order chi connectivity index (χ0) is 28.0. The highest BCUT2D eigenvalue weighted by Crippen LogP contribution is 2.32. The first kappa shape index (κ1) is 32.3. The largest absolute Gasteiger partial charge is 0.492 e. The number of benzene rings is 2. The predicted octanol–water partition coefficient (Wildman–Crippen LogP) is 6.58. The normalized spacial score (nSPS) is 11.4. The Morgan fingerprint density at radius 2 is 1.73 bits per heavy atom. The van der Waals surface area contributed by atoms with Crippen molar-refractivity contribution in [3.05, 3.63) is 48.0 Å². The number of ether oxygens (including phenoxy) is 4. The van der Waals surface area contributed by atoms with E-state index in [9.17, 15) is 9.59 Å². The summed E-state index contributed by atoms with van der Waals surface area (Å²) in [6, 6.07) is 12.5. The minimum Gasteiger partial charge on any atom is -0.492 e. The van der Waals surface area contributed by atoms with E-state index in [1.54, 1.807) is 29.4 Å². The third-order valence-electron chi connectivity index (χ3n) is 4.69. The molecule has 0 N–H and O–H groups in total. The highest BCUT2D eigenvalue weighted by atomic mass is 79.9. The Kier molecular flexibility index (Phi) is 14.1. The number of rotatable bonds is 8. The molecular formula is C27H37BrN2O6S. The standard InChI is InChI=1S/C17H26N2O3.C9H7BrO3.CH4S/c1-13(2)19(16(20)22-17(3,4)5)11-12-21-15-9-7-14(18-6)8-10-15;10-4-7(11)6-1-2-8-9(3-6)13-5-12-8;1-2/h7-10,13H,6,11-12H2,1-5H3;1-3H,4-5H2;2H,1H3. The van der Waals surface area contributed by atoms with E-state index < -0.39 is 5.60 Å². The number of amides is 1. The molecule has 0 fully saturated rings. The quantitative estimate of drug-likeness (QED) is 0.160. The van der Waals surface area contributed by atoms with Gasteiger partial charge in [0, 0.05) is 11.6 Å². The minimum atomic E-state index is -0.501. The van der Waals surface area contributed by atoms with Crippen LogP contribution in [-0.2, 0) is 4.74 Å². The van der Waals surface area contributed by atoms with E-state index in [0.29, 0.717) is 35.5 Å². The number of carbonyl (C=O) groups is 2. The molecular weight excluding hydrogens is 560 g/mol. The summed E-state index contributed by atoms with van der Waals surface area (Å²) in [6.45, 7) is 14.0. The molecule has 0 spiro atoms. The van der Waals surface area contributed by atoms with Crippen molar-refractivity contribution < 1.29 is 28.5 Å². The van der Waals surface area contributed by atoms with Gasteiger partial charge in [-0.2, -0.15) is 12.6 Å². The molecule has 0 unspecified atom stereocenters. The van der Waals surface area contributed by atoms with Crippen molar-refractivity contribution in [2.45, 2.75) is 46.3 Å². The molecule has 0 saturated heterocycles. The molecule has 0 aliphatic carbocycles. The highest BCUT2D eigenvalue weighted by molar-refractivity contribution is 9.09. The second-order valence-corrected chi connectivity index (χ2v) is 9.45. The van der Waals surface area contributed by atoms with Gasteiger partial charge in [-0.25, -0.2) is 4.79 Å². The number of carbonyl (C=O) groups excluding carboxylic acids is 2. The van der Waals surface area contributed by atoms with Gasteiger partial charge < -0.3 is 23.8 Å². The summed E-state index contributed by atoms with van der Waals surface area (Å²) in [6.07, 6.45) is 1.37. The van der Waals surface area contributed by atoms with Crippen molar-refractivity contribution in [1.29, 1.82) is 0 Å². The molecule has 0 radical (unpaired) electrons. The van der Waals surface area contributed by atoms with Crippen molar-refractivity contribution in [3.8, 4) is 17.2 Å². The molecule has 10 heteroatoms. The summed E-state index contributed by atoms with van der Waals surface area (Å²) in [7, 11) is 0. The maximum Gasteiger partial charge on any atom is 0.410 e. The van der Waals surface area contributed by atoms with Gasteiger partial charge in [0.2, 0.25) is 6.79 Å². The third-order valence-corrected chi connectivity index (χ3v) is 5.20. The van der Waals surface area contributed by atoms with E-state index in [4.69, 9.17) is 18.9 Å². The summed E-state index contributed by atoms with van der Waals surface area (Å²) in [5.41, 5.74) is 0.935. The predicted molar refractivity (Wildman–Crippen MR) is 155 cm³/mol. The van der Waals surface area contributed by atoms with Crippen molar-refractivity contribution >= 4 is 52.8 Å². The van der Waals surface area contributed by atoms with Crippen LogP contribution in [0.1, 0.15) is 45.0 Å². The smallest absolute Gasteiger partial charge is 0.410 e. The fraction of sp³-hybridized carbons (Fsp3) is 0.444. The number of fused-ring (bicyclic) bond motifs is 1. The van der Waals surface area contributed by atoms with E-state index in [-0.39, 0.29) is 24.7 Å². The minimum absolute atomic E-state index is 0.0401. The van der Waals surface area contributed by atoms with Gasteiger partial charge in [0.05, 0.1) is 17.6 Å². The first-order valence-corrected chi connectivity index (χ1v) is 13.7. The van der Waals surface area contributed by atoms with E-state index in [1.165, 1.54) is 0 Å². The van der Waals surface area contributed by atoms with Gasteiger partial charge in [-0.15, -0.1) is 0 Å². The van der Waals surface area contributed by atoms with Crippen LogP contribution < -0.4 is 14.2 Å². The van der Waals surface area contributed by atoms with Crippen LogP contribution in [0.25, 0.3) is 0 Å². The Hall–Kier alpha value is -2.72. The first-order valence-electron chi connectivity index (χ1n) is 11.7. The van der Waals surface area contributed by atoms with Crippen LogP contribution in [0.3, 0.4) is 0 Å². The number of alkyl halides is 1. The molecule has 204 valence electrons.